The Kier molecular flexibility index (Phi) is 5.50. The summed E-state index contributed by atoms with van der Waals surface area (Å²) < 4.78 is 0. The van der Waals surface area contributed by atoms with E-state index in [9.17, 15) is 5.26 Å². The van der Waals surface area contributed by atoms with Crippen LogP contribution in [-0.4, -0.2) is 12.6 Å². The average Bonchev–Trinajstić information content (AvgIpc) is 2.59. The second-order valence-electron chi connectivity index (χ2n) is 7.70. The van der Waals surface area contributed by atoms with E-state index in [-0.39, 0.29) is 5.54 Å². The summed E-state index contributed by atoms with van der Waals surface area (Å²) >= 11 is 18.8. The smallest absolute Gasteiger partial charge is 0.0998 e. The molecule has 0 fully saturated rings. The minimum Gasteiger partial charge on any atom is -0.369 e. The first-order chi connectivity index (χ1) is 12.6. The standard InChI is InChI=1S/C22H21Cl3N2/c1-13-11-22(2,3)27(4)21-10-19(24)14(8-18(13)21)7-15(12-26)17-6-5-16(23)9-20(17)25/h5-10,13H,11H2,1-4H3/b15-7+. The van der Waals surface area contributed by atoms with Crippen molar-refractivity contribution in [2.24, 2.45) is 0 Å². The number of allylic oxidation sites excluding steroid dienone is 1. The molecule has 0 saturated heterocycles. The predicted octanol–water partition coefficient (Wildman–Crippen LogP) is 7.43. The maximum absolute atomic E-state index is 9.67. The van der Waals surface area contributed by atoms with Crippen LogP contribution in [0.3, 0.4) is 0 Å². The van der Waals surface area contributed by atoms with Crippen LogP contribution in [0.4, 0.5) is 5.69 Å². The van der Waals surface area contributed by atoms with Gasteiger partial charge in [-0.15, -0.1) is 0 Å². The Hall–Kier alpha value is -1.66. The third kappa shape index (κ3) is 3.83. The van der Waals surface area contributed by atoms with E-state index in [0.717, 1.165) is 17.7 Å². The van der Waals surface area contributed by atoms with Crippen LogP contribution in [0.2, 0.25) is 15.1 Å². The largest absolute Gasteiger partial charge is 0.369 e. The zero-order chi connectivity index (χ0) is 19.9. The normalized spacial score (nSPS) is 18.8. The van der Waals surface area contributed by atoms with Gasteiger partial charge in [0.2, 0.25) is 0 Å². The van der Waals surface area contributed by atoms with Gasteiger partial charge < -0.3 is 4.90 Å². The van der Waals surface area contributed by atoms with Gasteiger partial charge in [-0.1, -0.05) is 47.8 Å². The van der Waals surface area contributed by atoms with Gasteiger partial charge in [0.05, 0.1) is 16.7 Å². The summed E-state index contributed by atoms with van der Waals surface area (Å²) in [4.78, 5) is 2.28. The zero-order valence-corrected chi connectivity index (χ0v) is 18.0. The molecule has 3 rings (SSSR count). The number of fused-ring (bicyclic) bond motifs is 1. The van der Waals surface area contributed by atoms with Gasteiger partial charge in [-0.25, -0.2) is 0 Å². The first-order valence-electron chi connectivity index (χ1n) is 8.78. The highest BCUT2D eigenvalue weighted by molar-refractivity contribution is 6.36. The van der Waals surface area contributed by atoms with Gasteiger partial charge in [0, 0.05) is 33.9 Å². The van der Waals surface area contributed by atoms with Crippen molar-refractivity contribution in [2.75, 3.05) is 11.9 Å². The third-order valence-corrected chi connectivity index (χ3v) is 6.27. The molecule has 2 aromatic carbocycles. The number of nitrogens with zero attached hydrogens (tertiary/aromatic N) is 2. The molecule has 0 N–H and O–H groups in total. The third-order valence-electron chi connectivity index (χ3n) is 5.39. The molecule has 0 spiro atoms. The number of halogens is 3. The van der Waals surface area contributed by atoms with Crippen LogP contribution in [0.1, 0.15) is 49.8 Å². The van der Waals surface area contributed by atoms with E-state index in [2.05, 4.69) is 44.9 Å². The van der Waals surface area contributed by atoms with Gasteiger partial charge in [-0.05, 0) is 67.7 Å². The SMILES string of the molecule is CC1CC(C)(C)N(C)c2cc(Cl)c(/C=C(\C#N)c3ccc(Cl)cc3Cl)cc21. The van der Waals surface area contributed by atoms with Gasteiger partial charge >= 0.3 is 0 Å². The van der Waals surface area contributed by atoms with Crippen LogP contribution in [-0.2, 0) is 0 Å². The molecule has 5 heteroatoms. The topological polar surface area (TPSA) is 27.0 Å². The molecule has 1 aliphatic heterocycles. The van der Waals surface area contributed by atoms with Crippen molar-refractivity contribution < 1.29 is 0 Å². The van der Waals surface area contributed by atoms with E-state index in [1.54, 1.807) is 24.3 Å². The van der Waals surface area contributed by atoms with Crippen molar-refractivity contribution in [3.8, 4) is 6.07 Å². The quantitative estimate of drug-likeness (QED) is 0.373. The lowest BCUT2D eigenvalue weighted by atomic mass is 9.80. The summed E-state index contributed by atoms with van der Waals surface area (Å²) in [5, 5.41) is 11.3. The first-order valence-corrected chi connectivity index (χ1v) is 9.92. The number of hydrogen-bond donors (Lipinski definition) is 0. The fraction of sp³-hybridized carbons (Fsp3) is 0.318. The van der Waals surface area contributed by atoms with Crippen molar-refractivity contribution in [1.82, 2.24) is 0 Å². The van der Waals surface area contributed by atoms with Crippen molar-refractivity contribution >= 4 is 52.1 Å². The number of rotatable bonds is 2. The summed E-state index contributed by atoms with van der Waals surface area (Å²) in [7, 11) is 2.10. The van der Waals surface area contributed by atoms with Crippen LogP contribution >= 0.6 is 34.8 Å². The summed E-state index contributed by atoms with van der Waals surface area (Å²) in [5.74, 6) is 0.403. The first kappa shape index (κ1) is 20.1. The van der Waals surface area contributed by atoms with E-state index in [4.69, 9.17) is 34.8 Å². The van der Waals surface area contributed by atoms with Crippen molar-refractivity contribution in [2.45, 2.75) is 38.6 Å². The minimum atomic E-state index is 0.0712. The maximum Gasteiger partial charge on any atom is 0.0998 e. The van der Waals surface area contributed by atoms with E-state index >= 15 is 0 Å². The summed E-state index contributed by atoms with van der Waals surface area (Å²) in [6.07, 6.45) is 2.85. The molecule has 0 radical (unpaired) electrons. The highest BCUT2D eigenvalue weighted by Gasteiger charge is 2.34. The van der Waals surface area contributed by atoms with Crippen LogP contribution in [0.15, 0.2) is 30.3 Å². The molecule has 2 aromatic rings. The summed E-state index contributed by atoms with van der Waals surface area (Å²) in [6.45, 7) is 6.71. The Labute approximate surface area is 176 Å². The Morgan fingerprint density at radius 1 is 1.19 bits per heavy atom. The zero-order valence-electron chi connectivity index (χ0n) is 15.8. The lowest BCUT2D eigenvalue weighted by Gasteiger charge is -2.45. The van der Waals surface area contributed by atoms with Crippen molar-refractivity contribution in [3.63, 3.8) is 0 Å². The van der Waals surface area contributed by atoms with Gasteiger partial charge in [-0.2, -0.15) is 5.26 Å². The predicted molar refractivity (Wildman–Crippen MR) is 117 cm³/mol. The monoisotopic (exact) mass is 418 g/mol. The van der Waals surface area contributed by atoms with E-state index < -0.39 is 0 Å². The van der Waals surface area contributed by atoms with Crippen molar-refractivity contribution in [3.05, 3.63) is 62.1 Å². The second-order valence-corrected chi connectivity index (χ2v) is 8.95. The highest BCUT2D eigenvalue weighted by atomic mass is 35.5. The molecule has 1 unspecified atom stereocenters. The lowest BCUT2D eigenvalue weighted by molar-refractivity contribution is 0.395. The number of hydrogen-bond acceptors (Lipinski definition) is 2. The number of nitriles is 1. The Morgan fingerprint density at radius 3 is 2.52 bits per heavy atom. The molecule has 2 nitrogen and oxygen atoms in total. The molecule has 0 bridgehead atoms. The average molecular weight is 420 g/mol. The Balaban J connectivity index is 2.12. The fourth-order valence-electron chi connectivity index (χ4n) is 3.75. The van der Waals surface area contributed by atoms with Gasteiger partial charge in [0.15, 0.2) is 0 Å². The number of anilines is 1. The molecule has 1 atom stereocenters. The van der Waals surface area contributed by atoms with Crippen molar-refractivity contribution in [1.29, 1.82) is 5.26 Å². The van der Waals surface area contributed by atoms with Crippen LogP contribution in [0.5, 0.6) is 0 Å². The molecule has 1 heterocycles. The molecule has 0 aromatic heterocycles. The maximum atomic E-state index is 9.67. The van der Waals surface area contributed by atoms with E-state index in [0.29, 0.717) is 32.1 Å². The van der Waals surface area contributed by atoms with E-state index in [1.165, 1.54) is 5.56 Å². The molecule has 1 aliphatic rings. The lowest BCUT2D eigenvalue weighted by Crippen LogP contribution is -2.45. The Bertz CT molecular complexity index is 970. The Morgan fingerprint density at radius 2 is 1.89 bits per heavy atom. The molecule has 27 heavy (non-hydrogen) atoms. The van der Waals surface area contributed by atoms with Gasteiger partial charge in [0.25, 0.3) is 0 Å². The molecule has 0 aliphatic carbocycles. The van der Waals surface area contributed by atoms with Crippen LogP contribution in [0.25, 0.3) is 11.6 Å². The summed E-state index contributed by atoms with van der Waals surface area (Å²) in [6, 6.07) is 11.4. The fourth-order valence-corrected chi connectivity index (χ4v) is 4.47. The van der Waals surface area contributed by atoms with Crippen LogP contribution in [0, 0.1) is 11.3 Å². The van der Waals surface area contributed by atoms with Gasteiger partial charge in [0.1, 0.15) is 0 Å². The molecular formula is C22H21Cl3N2. The molecule has 0 saturated carbocycles. The summed E-state index contributed by atoms with van der Waals surface area (Å²) in [5.41, 5.74) is 4.37. The highest BCUT2D eigenvalue weighted by Crippen LogP contribution is 2.44. The van der Waals surface area contributed by atoms with Gasteiger partial charge in [-0.3, -0.25) is 0 Å². The molecule has 140 valence electrons. The van der Waals surface area contributed by atoms with Crippen LogP contribution < -0.4 is 4.90 Å². The second kappa shape index (κ2) is 7.40. The van der Waals surface area contributed by atoms with E-state index in [1.807, 2.05) is 6.07 Å². The number of benzene rings is 2. The molecular weight excluding hydrogens is 399 g/mol. The minimum absolute atomic E-state index is 0.0712. The molecule has 0 amide bonds.